The third kappa shape index (κ3) is 4.66. The summed E-state index contributed by atoms with van der Waals surface area (Å²) in [6, 6.07) is 1.36. The highest BCUT2D eigenvalue weighted by Gasteiger charge is 2.30. The van der Waals surface area contributed by atoms with Crippen LogP contribution in [-0.2, 0) is 0 Å². The zero-order valence-corrected chi connectivity index (χ0v) is 8.86. The number of nitro groups is 1. The van der Waals surface area contributed by atoms with Gasteiger partial charge in [0.15, 0.2) is 0 Å². The molecule has 0 aliphatic heterocycles. The normalized spacial score (nSPS) is 13.2. The van der Waals surface area contributed by atoms with Gasteiger partial charge in [0.1, 0.15) is 5.82 Å². The highest BCUT2D eigenvalue weighted by Crippen LogP contribution is 2.23. The van der Waals surface area contributed by atoms with Crippen molar-refractivity contribution in [2.45, 2.75) is 25.6 Å². The van der Waals surface area contributed by atoms with Gasteiger partial charge in [0.2, 0.25) is 0 Å². The third-order valence-corrected chi connectivity index (χ3v) is 1.89. The van der Waals surface area contributed by atoms with Crippen molar-refractivity contribution >= 4 is 11.5 Å². The van der Waals surface area contributed by atoms with E-state index in [1.807, 2.05) is 0 Å². The number of alkyl halides is 3. The van der Waals surface area contributed by atoms with Crippen molar-refractivity contribution in [1.82, 2.24) is 4.98 Å². The number of hydrogen-bond donors (Lipinski definition) is 1. The number of nitrogens with zero attached hydrogens (tertiary/aromatic N) is 2. The standard InChI is InChI=1S/C9H10F3N3O2/c1-6(5-9(10,11)12)14-8-4-7(15(16)17)2-3-13-8/h2-4,6H,5H2,1H3,(H,13,14). The van der Waals surface area contributed by atoms with Crippen molar-refractivity contribution in [3.05, 3.63) is 28.4 Å². The Labute approximate surface area is 94.8 Å². The van der Waals surface area contributed by atoms with E-state index in [1.165, 1.54) is 19.2 Å². The fourth-order valence-corrected chi connectivity index (χ4v) is 1.26. The maximum Gasteiger partial charge on any atom is 0.391 e. The van der Waals surface area contributed by atoms with Crippen LogP contribution in [-0.4, -0.2) is 22.1 Å². The predicted octanol–water partition coefficient (Wildman–Crippen LogP) is 2.74. The van der Waals surface area contributed by atoms with E-state index < -0.39 is 23.6 Å². The maximum atomic E-state index is 12.0. The van der Waals surface area contributed by atoms with Gasteiger partial charge < -0.3 is 5.32 Å². The zero-order valence-electron chi connectivity index (χ0n) is 8.86. The number of pyridine rings is 1. The molecule has 0 saturated carbocycles. The largest absolute Gasteiger partial charge is 0.391 e. The maximum absolute atomic E-state index is 12.0. The van der Waals surface area contributed by atoms with E-state index in [9.17, 15) is 23.3 Å². The van der Waals surface area contributed by atoms with Gasteiger partial charge in [-0.2, -0.15) is 13.2 Å². The summed E-state index contributed by atoms with van der Waals surface area (Å²) in [6.45, 7) is 1.33. The topological polar surface area (TPSA) is 68.1 Å². The lowest BCUT2D eigenvalue weighted by Gasteiger charge is -2.15. The monoisotopic (exact) mass is 249 g/mol. The zero-order chi connectivity index (χ0) is 13.1. The number of anilines is 1. The Morgan fingerprint density at radius 3 is 2.76 bits per heavy atom. The van der Waals surface area contributed by atoms with Gasteiger partial charge in [0.25, 0.3) is 5.69 Å². The molecule has 1 aromatic rings. The molecule has 1 rings (SSSR count). The first-order valence-corrected chi connectivity index (χ1v) is 4.71. The van der Waals surface area contributed by atoms with Crippen LogP contribution in [0.1, 0.15) is 13.3 Å². The van der Waals surface area contributed by atoms with Crippen LogP contribution in [0.15, 0.2) is 18.3 Å². The number of hydrogen-bond acceptors (Lipinski definition) is 4. The molecule has 0 aromatic carbocycles. The van der Waals surface area contributed by atoms with Crippen LogP contribution >= 0.6 is 0 Å². The molecular formula is C9H10F3N3O2. The summed E-state index contributed by atoms with van der Waals surface area (Å²) in [5.41, 5.74) is -0.221. The molecule has 0 amide bonds. The SMILES string of the molecule is CC(CC(F)(F)F)Nc1cc([N+](=O)[O-])ccn1. The van der Waals surface area contributed by atoms with E-state index in [1.54, 1.807) is 0 Å². The minimum atomic E-state index is -4.28. The molecule has 1 aromatic heterocycles. The summed E-state index contributed by atoms with van der Waals surface area (Å²) < 4.78 is 36.1. The number of rotatable bonds is 4. The minimum Gasteiger partial charge on any atom is -0.367 e. The van der Waals surface area contributed by atoms with E-state index in [-0.39, 0.29) is 11.5 Å². The Hall–Kier alpha value is -1.86. The lowest BCUT2D eigenvalue weighted by atomic mass is 10.2. The van der Waals surface area contributed by atoms with Gasteiger partial charge in [-0.15, -0.1) is 0 Å². The highest BCUT2D eigenvalue weighted by molar-refractivity contribution is 5.44. The Kier molecular flexibility index (Phi) is 3.87. The lowest BCUT2D eigenvalue weighted by Crippen LogP contribution is -2.24. The predicted molar refractivity (Wildman–Crippen MR) is 54.6 cm³/mol. The quantitative estimate of drug-likeness (QED) is 0.658. The molecule has 0 radical (unpaired) electrons. The molecule has 0 spiro atoms. The number of aromatic nitrogens is 1. The fourth-order valence-electron chi connectivity index (χ4n) is 1.26. The van der Waals surface area contributed by atoms with Crippen molar-refractivity contribution < 1.29 is 18.1 Å². The first-order chi connectivity index (χ1) is 7.78. The van der Waals surface area contributed by atoms with E-state index in [0.29, 0.717) is 0 Å². The average molecular weight is 249 g/mol. The highest BCUT2D eigenvalue weighted by atomic mass is 19.4. The molecule has 0 bridgehead atoms. The first kappa shape index (κ1) is 13.2. The summed E-state index contributed by atoms with van der Waals surface area (Å²) in [6.07, 6.45) is -4.15. The molecule has 17 heavy (non-hydrogen) atoms. The molecule has 94 valence electrons. The smallest absolute Gasteiger partial charge is 0.367 e. The summed E-state index contributed by atoms with van der Waals surface area (Å²) in [7, 11) is 0. The minimum absolute atomic E-state index is 0.0518. The molecule has 1 N–H and O–H groups in total. The second kappa shape index (κ2) is 4.98. The van der Waals surface area contributed by atoms with E-state index in [4.69, 9.17) is 0 Å². The molecular weight excluding hydrogens is 239 g/mol. The van der Waals surface area contributed by atoms with Crippen LogP contribution in [0.5, 0.6) is 0 Å². The molecule has 0 aliphatic rings. The third-order valence-electron chi connectivity index (χ3n) is 1.89. The summed E-state index contributed by atoms with van der Waals surface area (Å²) in [5, 5.41) is 12.9. The molecule has 0 aliphatic carbocycles. The average Bonchev–Trinajstić information content (AvgIpc) is 2.14. The molecule has 1 unspecified atom stereocenters. The molecule has 0 saturated heterocycles. The molecule has 5 nitrogen and oxygen atoms in total. The van der Waals surface area contributed by atoms with Crippen LogP contribution in [0.3, 0.4) is 0 Å². The van der Waals surface area contributed by atoms with E-state index in [2.05, 4.69) is 10.3 Å². The van der Waals surface area contributed by atoms with Gasteiger partial charge in [-0.05, 0) is 6.92 Å². The number of halogens is 3. The molecule has 8 heteroatoms. The van der Waals surface area contributed by atoms with Gasteiger partial charge in [-0.3, -0.25) is 10.1 Å². The van der Waals surface area contributed by atoms with Crippen LogP contribution in [0.25, 0.3) is 0 Å². The Bertz CT molecular complexity index is 409. The summed E-state index contributed by atoms with van der Waals surface area (Å²) >= 11 is 0. The first-order valence-electron chi connectivity index (χ1n) is 4.71. The van der Waals surface area contributed by atoms with Gasteiger partial charge in [0.05, 0.1) is 17.4 Å². The van der Waals surface area contributed by atoms with Gasteiger partial charge in [-0.1, -0.05) is 0 Å². The second-order valence-corrected chi connectivity index (χ2v) is 3.52. The van der Waals surface area contributed by atoms with Crippen molar-refractivity contribution in [2.75, 3.05) is 5.32 Å². The molecule has 1 heterocycles. The van der Waals surface area contributed by atoms with Crippen LogP contribution < -0.4 is 5.32 Å². The molecule has 1 atom stereocenters. The molecule has 0 fully saturated rings. The second-order valence-electron chi connectivity index (χ2n) is 3.52. The van der Waals surface area contributed by atoms with Gasteiger partial charge in [-0.25, -0.2) is 4.98 Å². The summed E-state index contributed by atoms with van der Waals surface area (Å²) in [4.78, 5) is 13.5. The lowest BCUT2D eigenvalue weighted by molar-refractivity contribution is -0.384. The Balaban J connectivity index is 2.68. The van der Waals surface area contributed by atoms with Crippen LogP contribution in [0, 0.1) is 10.1 Å². The van der Waals surface area contributed by atoms with Crippen molar-refractivity contribution in [1.29, 1.82) is 0 Å². The van der Waals surface area contributed by atoms with Gasteiger partial charge in [0, 0.05) is 18.3 Å². The van der Waals surface area contributed by atoms with Crippen LogP contribution in [0.4, 0.5) is 24.7 Å². The fraction of sp³-hybridized carbons (Fsp3) is 0.444. The van der Waals surface area contributed by atoms with Crippen molar-refractivity contribution in [2.24, 2.45) is 0 Å². The van der Waals surface area contributed by atoms with Crippen molar-refractivity contribution in [3.63, 3.8) is 0 Å². The number of nitrogens with one attached hydrogen (secondary N) is 1. The Morgan fingerprint density at radius 1 is 1.59 bits per heavy atom. The van der Waals surface area contributed by atoms with Gasteiger partial charge >= 0.3 is 6.18 Å². The van der Waals surface area contributed by atoms with E-state index in [0.717, 1.165) is 6.07 Å². The van der Waals surface area contributed by atoms with Crippen molar-refractivity contribution in [3.8, 4) is 0 Å². The Morgan fingerprint density at radius 2 is 2.24 bits per heavy atom. The van der Waals surface area contributed by atoms with E-state index >= 15 is 0 Å². The van der Waals surface area contributed by atoms with Crippen LogP contribution in [0.2, 0.25) is 0 Å². The summed E-state index contributed by atoms with van der Waals surface area (Å²) in [5.74, 6) is 0.0518.